The van der Waals surface area contributed by atoms with Gasteiger partial charge in [0.15, 0.2) is 0 Å². The zero-order chi connectivity index (χ0) is 47.0. The third-order valence-electron chi connectivity index (χ3n) is 8.39. The summed E-state index contributed by atoms with van der Waals surface area (Å²) in [6.07, 6.45) is 4.51. The second kappa shape index (κ2) is 34.2. The molecule has 24 heteroatoms. The van der Waals surface area contributed by atoms with Crippen LogP contribution in [0.1, 0.15) is 127 Å². The van der Waals surface area contributed by atoms with Gasteiger partial charge in [-0.15, -0.1) is 6.42 Å². The summed E-state index contributed by atoms with van der Waals surface area (Å²) in [5.74, 6) is 13.6. The lowest BCUT2D eigenvalue weighted by molar-refractivity contribution is -0.213. The number of hydrogen-bond donors (Lipinski definition) is 9. The summed E-state index contributed by atoms with van der Waals surface area (Å²) in [6, 6.07) is 0. The van der Waals surface area contributed by atoms with E-state index in [1.165, 1.54) is 51.4 Å². The molecule has 1 saturated carbocycles. The molecule has 1 fully saturated rings. The van der Waals surface area contributed by atoms with Crippen molar-refractivity contribution in [1.82, 2.24) is 0 Å². The first-order chi connectivity index (χ1) is 29.2. The van der Waals surface area contributed by atoms with Gasteiger partial charge in [0, 0.05) is 34.6 Å². The van der Waals surface area contributed by atoms with Crippen LogP contribution < -0.4 is 0 Å². The van der Waals surface area contributed by atoms with Crippen molar-refractivity contribution in [3.8, 4) is 47.2 Å². The van der Waals surface area contributed by atoms with Gasteiger partial charge in [-0.2, -0.15) is 0 Å². The molecule has 0 bridgehead atoms. The number of phosphoric acid groups is 3. The Morgan fingerprint density at radius 2 is 1.10 bits per heavy atom. The molecule has 9 N–H and O–H groups in total. The molecule has 1 rings (SSSR count). The minimum atomic E-state index is -5.51. The van der Waals surface area contributed by atoms with Gasteiger partial charge in [0.25, 0.3) is 0 Å². The predicted molar refractivity (Wildman–Crippen MR) is 240 cm³/mol. The van der Waals surface area contributed by atoms with Gasteiger partial charge < -0.3 is 54.4 Å². The van der Waals surface area contributed by atoms with Crippen LogP contribution in [0.3, 0.4) is 0 Å². The molecule has 0 amide bonds. The van der Waals surface area contributed by atoms with Gasteiger partial charge in [-0.1, -0.05) is 90.9 Å². The molecule has 0 heterocycles. The summed E-state index contributed by atoms with van der Waals surface area (Å²) in [5, 5.41) is 42.8. The molecule has 1 aliphatic carbocycles. The van der Waals surface area contributed by atoms with E-state index in [-0.39, 0.29) is 21.5 Å². The van der Waals surface area contributed by atoms with Crippen molar-refractivity contribution in [2.24, 2.45) is 0 Å². The van der Waals surface area contributed by atoms with E-state index in [1.807, 2.05) is 6.92 Å². The largest absolute Gasteiger partial charge is 0.472 e. The fourth-order valence-electron chi connectivity index (χ4n) is 5.54. The molecule has 0 saturated heterocycles. The average Bonchev–Trinajstić information content (AvgIpc) is 3.19. The lowest BCUT2D eigenvalue weighted by Gasteiger charge is -2.44. The van der Waals surface area contributed by atoms with Gasteiger partial charge in [0.2, 0.25) is 5.12 Å². The summed E-state index contributed by atoms with van der Waals surface area (Å²) in [5.41, 5.74) is 0. The van der Waals surface area contributed by atoms with E-state index < -0.39 is 92.2 Å². The Kier molecular flexibility index (Phi) is 33.1. The second-order valence-corrected chi connectivity index (χ2v) is 18.3. The van der Waals surface area contributed by atoms with Gasteiger partial charge in [-0.05, 0) is 53.6 Å². The summed E-state index contributed by atoms with van der Waals surface area (Å²) in [7, 11) is -16.4. The minimum Gasteiger partial charge on any atom is -0.457 e. The van der Waals surface area contributed by atoms with Gasteiger partial charge in [0.1, 0.15) is 49.5 Å². The molecule has 62 heavy (non-hydrogen) atoms. The number of rotatable bonds is 29. The van der Waals surface area contributed by atoms with Crippen LogP contribution in [0.15, 0.2) is 0 Å². The van der Waals surface area contributed by atoms with Crippen molar-refractivity contribution in [2.75, 3.05) is 20.0 Å². The topological polar surface area (TPSA) is 323 Å². The molecule has 0 spiro atoms. The van der Waals surface area contributed by atoms with Crippen molar-refractivity contribution in [3.05, 3.63) is 0 Å². The molecule has 1 aliphatic rings. The van der Waals surface area contributed by atoms with E-state index in [9.17, 15) is 43.5 Å². The number of unbranched alkanes of at least 4 members (excludes halogenated alkanes) is 12. The molecule has 0 aromatic heterocycles. The van der Waals surface area contributed by atoms with Crippen LogP contribution in [0.2, 0.25) is 0 Å². The fraction of sp³-hybridized carbons (Fsp3) is 0.737. The standard InChI is InChI=1S/C26H53O19P3.C12H8OS.7H2/c1-2-3-4-5-6-7-8-9-10-11-12-13-14-15-20(28)42-19(16-40-18-27)17-41-48(38,39)45-26-22(30)24(43-46(32,33)34)21(29)25(23(26)31)44-47(35,36)37;1-3-5-6-7-8-9-11-14-12(13)10-4-2;;;;;;;/h19,21-27,29-31H,2-18H2,1H3,(H,38,39)(H2,32,33,34)(H2,35,36,37);1H,4,10H2,2H3;7*1H/t19-,21?,22+,23?,24?,25-,26?;;;;;;;;/m1......../s1. The first kappa shape index (κ1) is 59.9. The molecule has 0 aliphatic heterocycles. The van der Waals surface area contributed by atoms with Gasteiger partial charge in [-0.3, -0.25) is 27.7 Å². The number of esters is 1. The zero-order valence-electron chi connectivity index (χ0n) is 34.8. The molecule has 0 radical (unpaired) electrons. The molecule has 20 nitrogen and oxygen atoms in total. The van der Waals surface area contributed by atoms with E-state index in [1.54, 1.807) is 0 Å². The normalized spacial score (nSPS) is 21.1. The average molecular weight is 977 g/mol. The summed E-state index contributed by atoms with van der Waals surface area (Å²) >= 11 is 0.974. The highest BCUT2D eigenvalue weighted by atomic mass is 32.2. The fourth-order valence-corrected chi connectivity index (χ4v) is 8.17. The Labute approximate surface area is 378 Å². The van der Waals surface area contributed by atoms with Crippen molar-refractivity contribution < 1.29 is 106 Å². The lowest BCUT2D eigenvalue weighted by Crippen LogP contribution is -2.65. The maximum Gasteiger partial charge on any atom is 0.472 e. The van der Waals surface area contributed by atoms with E-state index in [4.69, 9.17) is 49.6 Å². The highest BCUT2D eigenvalue weighted by Crippen LogP contribution is 2.51. The number of carbonyl (C=O) groups is 2. The van der Waals surface area contributed by atoms with Crippen molar-refractivity contribution >= 4 is 46.3 Å². The number of phosphoric ester groups is 3. The predicted octanol–water partition coefficient (Wildman–Crippen LogP) is 5.27. The summed E-state index contributed by atoms with van der Waals surface area (Å²) in [4.78, 5) is 70.0. The Balaban J connectivity index is -0.000000256. The van der Waals surface area contributed by atoms with Crippen molar-refractivity contribution in [1.29, 1.82) is 0 Å². The Morgan fingerprint density at radius 3 is 1.55 bits per heavy atom. The highest BCUT2D eigenvalue weighted by Gasteiger charge is 2.56. The maximum atomic E-state index is 12.7. The molecule has 8 atom stereocenters. The minimum absolute atomic E-state index is 0. The van der Waals surface area contributed by atoms with Crippen LogP contribution >= 0.6 is 35.2 Å². The van der Waals surface area contributed by atoms with Gasteiger partial charge in [0.05, 0.1) is 13.2 Å². The van der Waals surface area contributed by atoms with Crippen molar-refractivity contribution in [3.63, 3.8) is 0 Å². The molecular formula is C38H75O20P3S. The lowest BCUT2D eigenvalue weighted by atomic mass is 9.85. The van der Waals surface area contributed by atoms with E-state index >= 15 is 0 Å². The number of thioether (sulfide) groups is 1. The van der Waals surface area contributed by atoms with Crippen LogP contribution in [0.5, 0.6) is 0 Å². The van der Waals surface area contributed by atoms with Crippen LogP contribution in [-0.4, -0.2) is 119 Å². The number of ether oxygens (including phenoxy) is 2. The number of aliphatic hydroxyl groups is 4. The Hall–Kier alpha value is -2.14. The zero-order valence-corrected chi connectivity index (χ0v) is 38.3. The van der Waals surface area contributed by atoms with E-state index in [0.29, 0.717) is 12.8 Å². The first-order valence-electron chi connectivity index (χ1n) is 19.9. The molecule has 368 valence electrons. The van der Waals surface area contributed by atoms with E-state index in [2.05, 4.69) is 56.7 Å². The number of aliphatic hydroxyl groups excluding tert-OH is 4. The van der Waals surface area contributed by atoms with Crippen molar-refractivity contribution in [2.45, 2.75) is 159 Å². The number of terminal acetylenes is 1. The smallest absolute Gasteiger partial charge is 0.457 e. The van der Waals surface area contributed by atoms with Crippen LogP contribution in [0.4, 0.5) is 0 Å². The molecule has 0 aromatic carbocycles. The monoisotopic (exact) mass is 976 g/mol. The second-order valence-electron chi connectivity index (χ2n) is 13.6. The van der Waals surface area contributed by atoms with Gasteiger partial charge in [-0.25, -0.2) is 13.7 Å². The Bertz CT molecular complexity index is 1670. The number of hydrogen-bond acceptors (Lipinski definition) is 16. The first-order valence-corrected chi connectivity index (χ1v) is 25.3. The van der Waals surface area contributed by atoms with Crippen LogP contribution in [0, 0.1) is 47.2 Å². The van der Waals surface area contributed by atoms with E-state index in [0.717, 1.165) is 43.9 Å². The third kappa shape index (κ3) is 30.9. The molecular weight excluding hydrogens is 901 g/mol. The summed E-state index contributed by atoms with van der Waals surface area (Å²) < 4.78 is 63.4. The molecule has 0 aromatic rings. The third-order valence-corrected chi connectivity index (χ3v) is 11.0. The SMILES string of the molecule is C#CC#CC#CC#CSC(=O)CCC.CCCCCCCCCCCCCCCC(=O)O[C@H](COCO)COP(=O)(O)OC1C(O)[C@H](OP(=O)(O)O)C(O)C(OP(=O)(O)O)[C@@H]1O.[HH].[HH].[HH].[HH].[HH].[HH].[HH]. The highest BCUT2D eigenvalue weighted by molar-refractivity contribution is 8.17. The van der Waals surface area contributed by atoms with Crippen LogP contribution in [0.25, 0.3) is 0 Å². The molecule has 5 unspecified atom stereocenters. The quantitative estimate of drug-likeness (QED) is 0.0152. The van der Waals surface area contributed by atoms with Crippen LogP contribution in [-0.2, 0) is 50.9 Å². The number of carbonyl (C=O) groups excluding carboxylic acids is 2. The van der Waals surface area contributed by atoms with Gasteiger partial charge >= 0.3 is 29.4 Å². The Morgan fingerprint density at radius 1 is 0.645 bits per heavy atom. The summed E-state index contributed by atoms with van der Waals surface area (Å²) in [6.45, 7) is 1.97. The maximum absolute atomic E-state index is 12.7.